The summed E-state index contributed by atoms with van der Waals surface area (Å²) in [5.41, 5.74) is 6.24. The van der Waals surface area contributed by atoms with E-state index in [0.29, 0.717) is 6.10 Å². The summed E-state index contributed by atoms with van der Waals surface area (Å²) >= 11 is 5.32. The van der Waals surface area contributed by atoms with Crippen LogP contribution in [0.3, 0.4) is 0 Å². The molecule has 1 aliphatic rings. The summed E-state index contributed by atoms with van der Waals surface area (Å²) in [5.74, 6) is 0. The highest BCUT2D eigenvalue weighted by Gasteiger charge is 2.28. The van der Waals surface area contributed by atoms with Gasteiger partial charge in [0.25, 0.3) is 0 Å². The molecule has 0 radical (unpaired) electrons. The molecule has 0 spiro atoms. The van der Waals surface area contributed by atoms with Gasteiger partial charge in [0.05, 0.1) is 15.9 Å². The Morgan fingerprint density at radius 1 is 1.58 bits per heavy atom. The van der Waals surface area contributed by atoms with Gasteiger partial charge >= 0.3 is 0 Å². The van der Waals surface area contributed by atoms with Crippen molar-refractivity contribution in [2.45, 2.75) is 44.9 Å². The van der Waals surface area contributed by atoms with Gasteiger partial charge in [-0.3, -0.25) is 4.90 Å². The summed E-state index contributed by atoms with van der Waals surface area (Å²) in [6.07, 6.45) is 2.75. The van der Waals surface area contributed by atoms with Crippen molar-refractivity contribution >= 4 is 27.3 Å². The van der Waals surface area contributed by atoms with Crippen molar-refractivity contribution in [3.05, 3.63) is 20.8 Å². The van der Waals surface area contributed by atoms with Gasteiger partial charge in [0, 0.05) is 24.1 Å². The first kappa shape index (κ1) is 15.4. The fourth-order valence-corrected chi connectivity index (χ4v) is 4.42. The van der Waals surface area contributed by atoms with Crippen molar-refractivity contribution in [1.82, 2.24) is 4.90 Å². The number of likely N-dealkylation sites (N-methyl/N-ethyl adjacent to an activating group) is 1. The van der Waals surface area contributed by atoms with Crippen LogP contribution in [-0.4, -0.2) is 36.7 Å². The summed E-state index contributed by atoms with van der Waals surface area (Å²) in [4.78, 5) is 3.79. The van der Waals surface area contributed by atoms with Crippen LogP contribution in [0.1, 0.15) is 37.6 Å². The Labute approximate surface area is 128 Å². The SMILES string of the molecule is CCN(CC1CCCO1)C(c1ccc(Br)s1)C(C)N. The van der Waals surface area contributed by atoms with E-state index >= 15 is 0 Å². The molecule has 0 amide bonds. The first-order valence-corrected chi connectivity index (χ1v) is 8.59. The fourth-order valence-electron chi connectivity index (χ4n) is 2.75. The number of thiophene rings is 1. The van der Waals surface area contributed by atoms with Gasteiger partial charge in [0.2, 0.25) is 0 Å². The Morgan fingerprint density at radius 2 is 2.37 bits per heavy atom. The third-order valence-corrected chi connectivity index (χ3v) is 5.34. The Hall–Kier alpha value is 0.0600. The van der Waals surface area contributed by atoms with Crippen molar-refractivity contribution in [2.24, 2.45) is 5.73 Å². The van der Waals surface area contributed by atoms with Crippen LogP contribution >= 0.6 is 27.3 Å². The topological polar surface area (TPSA) is 38.5 Å². The summed E-state index contributed by atoms with van der Waals surface area (Å²) in [6, 6.07) is 4.69. The highest BCUT2D eigenvalue weighted by molar-refractivity contribution is 9.11. The lowest BCUT2D eigenvalue weighted by Gasteiger charge is -2.34. The molecule has 0 saturated carbocycles. The van der Waals surface area contributed by atoms with E-state index in [0.717, 1.165) is 19.7 Å². The predicted octanol–water partition coefficient (Wildman–Crippen LogP) is 3.40. The average molecular weight is 347 g/mol. The molecule has 2 N–H and O–H groups in total. The van der Waals surface area contributed by atoms with Crippen LogP contribution in [0.2, 0.25) is 0 Å². The molecule has 1 fully saturated rings. The molecule has 2 rings (SSSR count). The minimum Gasteiger partial charge on any atom is -0.377 e. The standard InChI is InChI=1S/C14H23BrN2OS/c1-3-17(9-11-5-4-8-18-11)14(10(2)16)12-6-7-13(15)19-12/h6-7,10-11,14H,3-5,8-9,16H2,1-2H3. The third kappa shape index (κ3) is 4.02. The van der Waals surface area contributed by atoms with Crippen molar-refractivity contribution < 1.29 is 4.74 Å². The van der Waals surface area contributed by atoms with Crippen LogP contribution in [0.25, 0.3) is 0 Å². The number of nitrogens with zero attached hydrogens (tertiary/aromatic N) is 1. The molecule has 0 bridgehead atoms. The van der Waals surface area contributed by atoms with Crippen LogP contribution in [0.5, 0.6) is 0 Å². The van der Waals surface area contributed by atoms with Crippen molar-refractivity contribution in [3.63, 3.8) is 0 Å². The fraction of sp³-hybridized carbons (Fsp3) is 0.714. The summed E-state index contributed by atoms with van der Waals surface area (Å²) in [7, 11) is 0. The molecule has 3 atom stereocenters. The average Bonchev–Trinajstić information content (AvgIpc) is 3.00. The van der Waals surface area contributed by atoms with Crippen molar-refractivity contribution in [3.8, 4) is 0 Å². The predicted molar refractivity (Wildman–Crippen MR) is 84.6 cm³/mol. The van der Waals surface area contributed by atoms with Crippen LogP contribution in [0.15, 0.2) is 15.9 Å². The number of rotatable bonds is 6. The molecule has 108 valence electrons. The van der Waals surface area contributed by atoms with Gasteiger partial charge in [0.1, 0.15) is 0 Å². The minimum absolute atomic E-state index is 0.118. The minimum atomic E-state index is 0.118. The highest BCUT2D eigenvalue weighted by atomic mass is 79.9. The maximum absolute atomic E-state index is 6.24. The first-order chi connectivity index (χ1) is 9.11. The number of nitrogens with two attached hydrogens (primary N) is 1. The van der Waals surface area contributed by atoms with Gasteiger partial charge < -0.3 is 10.5 Å². The maximum atomic E-state index is 6.24. The van der Waals surface area contributed by atoms with E-state index in [1.807, 2.05) is 0 Å². The van der Waals surface area contributed by atoms with E-state index in [1.54, 1.807) is 11.3 Å². The number of hydrogen-bond donors (Lipinski definition) is 1. The van der Waals surface area contributed by atoms with Gasteiger partial charge in [-0.15, -0.1) is 11.3 Å². The number of hydrogen-bond acceptors (Lipinski definition) is 4. The number of halogens is 1. The van der Waals surface area contributed by atoms with Crippen molar-refractivity contribution in [1.29, 1.82) is 0 Å². The zero-order valence-electron chi connectivity index (χ0n) is 11.6. The number of ether oxygens (including phenoxy) is 1. The Bertz CT molecular complexity index is 391. The van der Waals surface area contributed by atoms with E-state index in [4.69, 9.17) is 10.5 Å². The van der Waals surface area contributed by atoms with Crippen LogP contribution in [-0.2, 0) is 4.74 Å². The van der Waals surface area contributed by atoms with E-state index in [1.165, 1.54) is 21.5 Å². The quantitative estimate of drug-likeness (QED) is 0.857. The molecule has 3 unspecified atom stereocenters. The lowest BCUT2D eigenvalue weighted by Crippen LogP contribution is -2.42. The van der Waals surface area contributed by atoms with Gasteiger partial charge in [-0.2, -0.15) is 0 Å². The molecule has 19 heavy (non-hydrogen) atoms. The zero-order chi connectivity index (χ0) is 13.8. The summed E-state index contributed by atoms with van der Waals surface area (Å²) in [6.45, 7) is 7.19. The van der Waals surface area contributed by atoms with E-state index < -0.39 is 0 Å². The molecule has 0 aromatic carbocycles. The molecule has 1 aromatic rings. The second-order valence-corrected chi connectivity index (χ2v) is 7.66. The normalized spacial score (nSPS) is 22.9. The smallest absolute Gasteiger partial charge is 0.0703 e. The molecule has 0 aliphatic carbocycles. The molecular formula is C14H23BrN2OS. The summed E-state index contributed by atoms with van der Waals surface area (Å²) in [5, 5.41) is 0. The van der Waals surface area contributed by atoms with Crippen LogP contribution in [0, 0.1) is 0 Å². The maximum Gasteiger partial charge on any atom is 0.0703 e. The van der Waals surface area contributed by atoms with Gasteiger partial charge in [0.15, 0.2) is 0 Å². The van der Waals surface area contributed by atoms with E-state index in [2.05, 4.69) is 46.8 Å². The van der Waals surface area contributed by atoms with Crippen molar-refractivity contribution in [2.75, 3.05) is 19.7 Å². The lowest BCUT2D eigenvalue weighted by molar-refractivity contribution is 0.0553. The van der Waals surface area contributed by atoms with E-state index in [-0.39, 0.29) is 12.1 Å². The largest absolute Gasteiger partial charge is 0.377 e. The lowest BCUT2D eigenvalue weighted by atomic mass is 10.1. The highest BCUT2D eigenvalue weighted by Crippen LogP contribution is 2.33. The second-order valence-electron chi connectivity index (χ2n) is 5.17. The van der Waals surface area contributed by atoms with Gasteiger partial charge in [-0.1, -0.05) is 6.92 Å². The molecule has 1 saturated heterocycles. The first-order valence-electron chi connectivity index (χ1n) is 6.98. The third-order valence-electron chi connectivity index (χ3n) is 3.65. The Kier molecular flexibility index (Phi) is 5.84. The van der Waals surface area contributed by atoms with Gasteiger partial charge in [-0.05, 0) is 54.4 Å². The zero-order valence-corrected chi connectivity index (χ0v) is 14.0. The Balaban J connectivity index is 2.10. The monoisotopic (exact) mass is 346 g/mol. The molecule has 5 heteroatoms. The second kappa shape index (κ2) is 7.18. The molecule has 1 aliphatic heterocycles. The molecule has 1 aromatic heterocycles. The van der Waals surface area contributed by atoms with Gasteiger partial charge in [-0.25, -0.2) is 0 Å². The van der Waals surface area contributed by atoms with Crippen LogP contribution < -0.4 is 5.73 Å². The molecular weight excluding hydrogens is 324 g/mol. The molecule has 3 nitrogen and oxygen atoms in total. The van der Waals surface area contributed by atoms with E-state index in [9.17, 15) is 0 Å². The Morgan fingerprint density at radius 3 is 2.84 bits per heavy atom. The molecule has 2 heterocycles. The van der Waals surface area contributed by atoms with Crippen LogP contribution in [0.4, 0.5) is 0 Å². The summed E-state index contributed by atoms with van der Waals surface area (Å²) < 4.78 is 6.94.